The van der Waals surface area contributed by atoms with E-state index < -0.39 is 126 Å². The fourth-order valence-electron chi connectivity index (χ4n) is 12.3. The van der Waals surface area contributed by atoms with Crippen LogP contribution in [0, 0.1) is 22.7 Å². The van der Waals surface area contributed by atoms with Gasteiger partial charge in [-0.2, -0.15) is 0 Å². The Morgan fingerprint density at radius 3 is 2.03 bits per heavy atom. The molecule has 0 aromatic heterocycles. The Morgan fingerprint density at radius 2 is 1.51 bits per heavy atom. The highest BCUT2D eigenvalue weighted by Crippen LogP contribution is 2.68. The summed E-state index contributed by atoms with van der Waals surface area (Å²) in [6.45, 7) is 28.5. The lowest BCUT2D eigenvalue weighted by molar-refractivity contribution is -0.430. The van der Waals surface area contributed by atoms with Gasteiger partial charge in [0.05, 0.1) is 30.2 Å². The highest BCUT2D eigenvalue weighted by atomic mass is 28.4. The van der Waals surface area contributed by atoms with Crippen molar-refractivity contribution in [3.8, 4) is 0 Å². The predicted octanol–water partition coefficient (Wildman–Crippen LogP) is 8.12. The van der Waals surface area contributed by atoms with E-state index in [1.165, 1.54) is 13.8 Å². The molecule has 2 heterocycles. The first-order valence-corrected chi connectivity index (χ1v) is 27.4. The smallest absolute Gasteiger partial charge is 0.407 e. The summed E-state index contributed by atoms with van der Waals surface area (Å²) in [5, 5.41) is 17.2. The third-order valence-corrected chi connectivity index (χ3v) is 20.4. The van der Waals surface area contributed by atoms with Gasteiger partial charge in [0, 0.05) is 37.5 Å². The number of nitrogens with one attached hydrogen (secondary N) is 1. The van der Waals surface area contributed by atoms with Crippen molar-refractivity contribution in [1.82, 2.24) is 5.32 Å². The molecular formula is C52H79NO15Si. The zero-order valence-corrected chi connectivity index (χ0v) is 44.8. The number of carbonyl (C=O) groups excluding carboxylic acids is 5. The molecule has 17 heteroatoms. The molecule has 1 aromatic rings. The number of carbonyl (C=O) groups is 5. The molecule has 16 nitrogen and oxygen atoms in total. The topological polar surface area (TPSA) is 201 Å². The first-order chi connectivity index (χ1) is 31.9. The Morgan fingerprint density at radius 1 is 0.884 bits per heavy atom. The van der Waals surface area contributed by atoms with Crippen molar-refractivity contribution < 1.29 is 71.4 Å². The minimum Gasteiger partial charge on any atom is -0.456 e. The highest BCUT2D eigenvalue weighted by Gasteiger charge is 2.80. The van der Waals surface area contributed by atoms with Gasteiger partial charge in [0.15, 0.2) is 31.9 Å². The molecule has 5 aliphatic rings. The summed E-state index contributed by atoms with van der Waals surface area (Å²) in [4.78, 5) is 70.6. The molecule has 2 bridgehead atoms. The summed E-state index contributed by atoms with van der Waals surface area (Å²) in [6, 6.07) is 9.51. The molecular weight excluding hydrogens is 907 g/mol. The quantitative estimate of drug-likeness (QED) is 0.0738. The minimum atomic E-state index is -2.64. The average Bonchev–Trinajstić information content (AvgIpc) is 3.23. The van der Waals surface area contributed by atoms with Gasteiger partial charge < -0.3 is 52.7 Å². The van der Waals surface area contributed by atoms with Crippen molar-refractivity contribution in [1.29, 1.82) is 0 Å². The van der Waals surface area contributed by atoms with Gasteiger partial charge in [0.2, 0.25) is 0 Å². The van der Waals surface area contributed by atoms with Crippen molar-refractivity contribution in [2.75, 3.05) is 6.61 Å². The highest BCUT2D eigenvalue weighted by molar-refractivity contribution is 6.73. The van der Waals surface area contributed by atoms with Crippen molar-refractivity contribution in [2.24, 2.45) is 22.7 Å². The van der Waals surface area contributed by atoms with Crippen LogP contribution in [0.25, 0.3) is 0 Å². The zero-order chi connectivity index (χ0) is 51.4. The molecule has 2 N–H and O–H groups in total. The third-order valence-electron chi connectivity index (χ3n) is 15.8. The fraction of sp³-hybridized carbons (Fsp3) is 0.750. The molecule has 12 atom stereocenters. The molecule has 0 radical (unpaired) electrons. The van der Waals surface area contributed by atoms with E-state index >= 15 is 4.79 Å². The summed E-state index contributed by atoms with van der Waals surface area (Å²) in [7, 11) is -2.64. The minimum absolute atomic E-state index is 0.0119. The van der Waals surface area contributed by atoms with E-state index in [9.17, 15) is 24.3 Å². The Labute approximate surface area is 409 Å². The standard InChI is InChI=1S/C52H79NO15Si/c1-17-69(18-2,19-3)68-39(34(25-29(4)5)53-46(58)67-47(9,10)11)45(57)62-35-27-52(59)43(63-44(56)33-23-21-20-22-24-33)41-50(16)36(26-37-51(41,28-60-37)64-32(8)55)65-49(14,15)66-42(50)40(61-31(7)54)38(30(35)6)48(52,12)13/h20-24,29,34-37,39-43,59H,17-19,25-28H2,1-16H3,(H,53,58)/t34-,35-,36-,37+,39+,40+,41-,42-,43-,50+,51-,52+/m0/s1. The van der Waals surface area contributed by atoms with Crippen LogP contribution >= 0.6 is 0 Å². The molecule has 3 aliphatic carbocycles. The van der Waals surface area contributed by atoms with Crippen molar-refractivity contribution in [3.63, 3.8) is 0 Å². The van der Waals surface area contributed by atoms with Crippen molar-refractivity contribution >= 4 is 38.3 Å². The van der Waals surface area contributed by atoms with Crippen molar-refractivity contribution in [3.05, 3.63) is 47.0 Å². The van der Waals surface area contributed by atoms with Crippen LogP contribution in [0.3, 0.4) is 0 Å². The summed E-state index contributed by atoms with van der Waals surface area (Å²) >= 11 is 0. The van der Waals surface area contributed by atoms with E-state index in [0.717, 1.165) is 0 Å². The second-order valence-electron chi connectivity index (χ2n) is 22.6. The van der Waals surface area contributed by atoms with Crippen LogP contribution in [-0.2, 0) is 56.7 Å². The fourth-order valence-corrected chi connectivity index (χ4v) is 15.1. The average molecular weight is 986 g/mol. The lowest BCUT2D eigenvalue weighted by atomic mass is 9.44. The molecule has 2 saturated heterocycles. The monoisotopic (exact) mass is 986 g/mol. The van der Waals surface area contributed by atoms with E-state index in [1.54, 1.807) is 85.7 Å². The number of esters is 4. The Bertz CT molecular complexity index is 2120. The number of hydrogen-bond donors (Lipinski definition) is 2. The normalized spacial score (nSPS) is 33.2. The first kappa shape index (κ1) is 54.5. The van der Waals surface area contributed by atoms with Crippen molar-refractivity contribution in [2.45, 2.75) is 220 Å². The Hall–Kier alpha value is -3.87. The number of aliphatic hydroxyl groups is 1. The lowest BCUT2D eigenvalue weighted by Gasteiger charge is -2.71. The molecule has 2 saturated carbocycles. The summed E-state index contributed by atoms with van der Waals surface area (Å²) in [6.07, 6.45) is -8.47. The van der Waals surface area contributed by atoms with Crippen LogP contribution in [-0.4, -0.2) is 121 Å². The summed E-state index contributed by atoms with van der Waals surface area (Å²) in [5.74, 6) is -5.27. The van der Waals surface area contributed by atoms with Gasteiger partial charge in [0.25, 0.3) is 0 Å². The van der Waals surface area contributed by atoms with E-state index in [2.05, 4.69) is 5.32 Å². The van der Waals surface area contributed by atoms with E-state index in [1.807, 2.05) is 41.5 Å². The van der Waals surface area contributed by atoms with Crippen LogP contribution in [0.15, 0.2) is 41.5 Å². The summed E-state index contributed by atoms with van der Waals surface area (Å²) < 4.78 is 59.1. The van der Waals surface area contributed by atoms with Gasteiger partial charge in [0.1, 0.15) is 35.6 Å². The SMILES string of the molecule is CC[Si](CC)(CC)O[C@@H](C(=O)O[C@H]1C[C@@]2(O)[C@@H](OC(=O)c3ccccc3)[C@@H]3[C@]4(OC(C)=O)CO[C@@H]4C[C@@H]4OC(C)(C)O[C@@H]([C@H](OC(C)=O)C(=C1C)C2(C)C)[C@]43C)[C@H](CC(C)C)NC(=O)OC(C)(C)C. The van der Waals surface area contributed by atoms with E-state index in [-0.39, 0.29) is 30.9 Å². The maximum atomic E-state index is 15.4. The summed E-state index contributed by atoms with van der Waals surface area (Å²) in [5.41, 5.74) is -6.26. The molecule has 0 spiro atoms. The van der Waals surface area contributed by atoms with Crippen LogP contribution < -0.4 is 5.32 Å². The lowest BCUT2D eigenvalue weighted by Crippen LogP contribution is -2.84. The molecule has 69 heavy (non-hydrogen) atoms. The molecule has 1 aromatic carbocycles. The van der Waals surface area contributed by atoms with E-state index in [0.29, 0.717) is 35.7 Å². The Balaban J connectivity index is 1.62. The Kier molecular flexibility index (Phi) is 15.5. The second kappa shape index (κ2) is 19.6. The number of amides is 1. The number of rotatable bonds is 15. The molecule has 386 valence electrons. The molecule has 6 rings (SSSR count). The van der Waals surface area contributed by atoms with Crippen LogP contribution in [0.5, 0.6) is 0 Å². The van der Waals surface area contributed by atoms with Gasteiger partial charge >= 0.3 is 30.0 Å². The maximum Gasteiger partial charge on any atom is 0.407 e. The van der Waals surface area contributed by atoms with Crippen LogP contribution in [0.1, 0.15) is 140 Å². The number of fused-ring (bicyclic) bond motifs is 4. The van der Waals surface area contributed by atoms with Gasteiger partial charge in [-0.1, -0.05) is 73.6 Å². The van der Waals surface area contributed by atoms with Crippen LogP contribution in [0.2, 0.25) is 18.1 Å². The van der Waals surface area contributed by atoms with E-state index in [4.69, 9.17) is 42.3 Å². The number of alkyl carbamates (subject to hydrolysis) is 1. The van der Waals surface area contributed by atoms with Gasteiger partial charge in [-0.25, -0.2) is 14.4 Å². The number of ether oxygens (including phenoxy) is 8. The second-order valence-corrected chi connectivity index (χ2v) is 27.4. The van der Waals surface area contributed by atoms with Gasteiger partial charge in [-0.3, -0.25) is 9.59 Å². The third kappa shape index (κ3) is 10.2. The number of hydrogen-bond acceptors (Lipinski definition) is 15. The largest absolute Gasteiger partial charge is 0.456 e. The molecule has 4 fully saturated rings. The molecule has 2 aliphatic heterocycles. The maximum absolute atomic E-state index is 15.4. The predicted molar refractivity (Wildman–Crippen MR) is 256 cm³/mol. The zero-order valence-electron chi connectivity index (χ0n) is 43.8. The van der Waals surface area contributed by atoms with Gasteiger partial charge in [-0.15, -0.1) is 0 Å². The molecule has 0 unspecified atom stereocenters. The van der Waals surface area contributed by atoms with Crippen LogP contribution in [0.4, 0.5) is 4.79 Å². The molecule has 1 amide bonds. The number of benzene rings is 1. The first-order valence-electron chi connectivity index (χ1n) is 24.9. The van der Waals surface area contributed by atoms with Gasteiger partial charge in [-0.05, 0) is 95.3 Å².